The number of carboxylic acid groups (broad SMARTS) is 1. The highest BCUT2D eigenvalue weighted by Gasteiger charge is 2.11. The van der Waals surface area contributed by atoms with Crippen molar-refractivity contribution in [2.75, 3.05) is 11.5 Å². The lowest BCUT2D eigenvalue weighted by Gasteiger charge is -1.96. The van der Waals surface area contributed by atoms with E-state index in [-0.39, 0.29) is 6.42 Å². The molecule has 0 radical (unpaired) electrons. The molecule has 0 amide bonds. The molecule has 1 rings (SSSR count). The molecule has 0 aromatic heterocycles. The fourth-order valence-corrected chi connectivity index (χ4v) is 2.28. The largest absolute Gasteiger partial charge is 0.481 e. The minimum atomic E-state index is -0.744. The number of thioether (sulfide) groups is 1. The average molecular weight is 172 g/mol. The Morgan fingerprint density at radius 2 is 2.55 bits per heavy atom. The summed E-state index contributed by atoms with van der Waals surface area (Å²) in [6, 6.07) is 0. The quantitative estimate of drug-likeness (QED) is 0.659. The highest BCUT2D eigenvalue weighted by molar-refractivity contribution is 7.99. The number of carboxylic acids is 1. The summed E-state index contributed by atoms with van der Waals surface area (Å²) < 4.78 is 0. The Morgan fingerprint density at radius 1 is 1.73 bits per heavy atom. The summed E-state index contributed by atoms with van der Waals surface area (Å²) >= 11 is 1.94. The molecule has 1 N–H and O–H groups in total. The predicted octanol–water partition coefficient (Wildman–Crippen LogP) is 1.77. The van der Waals surface area contributed by atoms with Crippen LogP contribution in [0.15, 0.2) is 12.2 Å². The summed E-state index contributed by atoms with van der Waals surface area (Å²) in [4.78, 5) is 10.1. The smallest absolute Gasteiger partial charge is 0.307 e. The van der Waals surface area contributed by atoms with E-state index in [9.17, 15) is 4.79 Å². The Hall–Kier alpha value is -0.440. The van der Waals surface area contributed by atoms with E-state index in [0.717, 1.165) is 5.75 Å². The zero-order valence-electron chi connectivity index (χ0n) is 6.32. The van der Waals surface area contributed by atoms with Gasteiger partial charge >= 0.3 is 5.97 Å². The topological polar surface area (TPSA) is 37.3 Å². The molecule has 1 fully saturated rings. The summed E-state index contributed by atoms with van der Waals surface area (Å²) in [6.07, 6.45) is 5.18. The van der Waals surface area contributed by atoms with E-state index in [2.05, 4.69) is 0 Å². The van der Waals surface area contributed by atoms with Gasteiger partial charge in [0.15, 0.2) is 0 Å². The van der Waals surface area contributed by atoms with Crippen LogP contribution in [0.1, 0.15) is 12.8 Å². The molecule has 62 valence electrons. The van der Waals surface area contributed by atoms with Gasteiger partial charge in [0.25, 0.3) is 0 Å². The van der Waals surface area contributed by atoms with Gasteiger partial charge in [0, 0.05) is 0 Å². The van der Waals surface area contributed by atoms with Gasteiger partial charge in [0.2, 0.25) is 0 Å². The number of hydrogen-bond donors (Lipinski definition) is 1. The van der Waals surface area contributed by atoms with Gasteiger partial charge in [0.1, 0.15) is 0 Å². The Balaban J connectivity index is 2.17. The number of allylic oxidation sites excluding steroid dienone is 1. The van der Waals surface area contributed by atoms with Crippen LogP contribution in [-0.4, -0.2) is 22.6 Å². The molecular weight excluding hydrogens is 160 g/mol. The number of aliphatic carboxylic acids is 1. The molecule has 1 aliphatic rings. The molecule has 3 heteroatoms. The van der Waals surface area contributed by atoms with Crippen LogP contribution in [0.2, 0.25) is 0 Å². The van der Waals surface area contributed by atoms with Crippen LogP contribution in [0.3, 0.4) is 0 Å². The van der Waals surface area contributed by atoms with Crippen molar-refractivity contribution < 1.29 is 9.90 Å². The van der Waals surface area contributed by atoms with Crippen LogP contribution in [0.5, 0.6) is 0 Å². The number of rotatable bonds is 3. The first-order chi connectivity index (χ1) is 5.29. The lowest BCUT2D eigenvalue weighted by Crippen LogP contribution is -1.94. The zero-order valence-corrected chi connectivity index (χ0v) is 7.14. The van der Waals surface area contributed by atoms with E-state index >= 15 is 0 Å². The Labute approximate surface area is 70.7 Å². The molecule has 0 aliphatic carbocycles. The molecular formula is C8H12O2S. The molecule has 1 aliphatic heterocycles. The Bertz CT molecular complexity index is 159. The first kappa shape index (κ1) is 8.65. The lowest BCUT2D eigenvalue weighted by atomic mass is 10.1. The fraction of sp³-hybridized carbons (Fsp3) is 0.625. The summed E-state index contributed by atoms with van der Waals surface area (Å²) in [6.45, 7) is 0. The van der Waals surface area contributed by atoms with Crippen molar-refractivity contribution >= 4 is 17.7 Å². The van der Waals surface area contributed by atoms with Gasteiger partial charge < -0.3 is 5.11 Å². The van der Waals surface area contributed by atoms with E-state index in [1.165, 1.54) is 12.2 Å². The Morgan fingerprint density at radius 3 is 3.09 bits per heavy atom. The molecule has 0 bridgehead atoms. The van der Waals surface area contributed by atoms with Crippen LogP contribution < -0.4 is 0 Å². The summed E-state index contributed by atoms with van der Waals surface area (Å²) in [5.41, 5.74) is 0. The maximum absolute atomic E-state index is 10.1. The van der Waals surface area contributed by atoms with Gasteiger partial charge in [-0.2, -0.15) is 11.8 Å². The second-order valence-electron chi connectivity index (χ2n) is 2.65. The minimum absolute atomic E-state index is 0.168. The first-order valence-electron chi connectivity index (χ1n) is 3.75. The van der Waals surface area contributed by atoms with Gasteiger partial charge in [-0.05, 0) is 23.8 Å². The van der Waals surface area contributed by atoms with Crippen LogP contribution in [-0.2, 0) is 4.79 Å². The normalized spacial score (nSPS) is 24.5. The Kier molecular flexibility index (Phi) is 3.49. The number of hydrogen-bond acceptors (Lipinski definition) is 2. The molecule has 2 nitrogen and oxygen atoms in total. The van der Waals surface area contributed by atoms with Crippen molar-refractivity contribution in [3.63, 3.8) is 0 Å². The summed E-state index contributed by atoms with van der Waals surface area (Å²) in [7, 11) is 0. The SMILES string of the molecule is O=C(O)C/C=C\C1CCSC1. The molecule has 11 heavy (non-hydrogen) atoms. The minimum Gasteiger partial charge on any atom is -0.481 e. The van der Waals surface area contributed by atoms with Gasteiger partial charge in [-0.15, -0.1) is 0 Å². The highest BCUT2D eigenvalue weighted by atomic mass is 32.2. The maximum Gasteiger partial charge on any atom is 0.307 e. The molecule has 1 saturated heterocycles. The third-order valence-corrected chi connectivity index (χ3v) is 2.85. The van der Waals surface area contributed by atoms with Crippen molar-refractivity contribution in [2.45, 2.75) is 12.8 Å². The summed E-state index contributed by atoms with van der Waals surface area (Å²) in [5, 5.41) is 8.33. The van der Waals surface area contributed by atoms with Crippen molar-refractivity contribution in [3.05, 3.63) is 12.2 Å². The van der Waals surface area contributed by atoms with Gasteiger partial charge in [-0.1, -0.05) is 12.2 Å². The van der Waals surface area contributed by atoms with Gasteiger partial charge in [-0.3, -0.25) is 4.79 Å². The molecule has 1 heterocycles. The fourth-order valence-electron chi connectivity index (χ4n) is 1.07. The molecule has 1 atom stereocenters. The monoisotopic (exact) mass is 172 g/mol. The second-order valence-corrected chi connectivity index (χ2v) is 3.80. The molecule has 1 unspecified atom stereocenters. The third kappa shape index (κ3) is 3.46. The lowest BCUT2D eigenvalue weighted by molar-refractivity contribution is -0.136. The van der Waals surface area contributed by atoms with Crippen molar-refractivity contribution in [3.8, 4) is 0 Å². The van der Waals surface area contributed by atoms with Crippen LogP contribution in [0.4, 0.5) is 0 Å². The third-order valence-electron chi connectivity index (χ3n) is 1.67. The molecule has 0 aromatic carbocycles. The first-order valence-corrected chi connectivity index (χ1v) is 4.90. The van der Waals surface area contributed by atoms with E-state index < -0.39 is 5.97 Å². The van der Waals surface area contributed by atoms with E-state index in [1.54, 1.807) is 6.08 Å². The van der Waals surface area contributed by atoms with Gasteiger partial charge in [0.05, 0.1) is 6.42 Å². The highest BCUT2D eigenvalue weighted by Crippen LogP contribution is 2.24. The van der Waals surface area contributed by atoms with E-state index in [4.69, 9.17) is 5.11 Å². The van der Waals surface area contributed by atoms with Gasteiger partial charge in [-0.25, -0.2) is 0 Å². The predicted molar refractivity (Wildman–Crippen MR) is 46.8 cm³/mol. The van der Waals surface area contributed by atoms with Crippen molar-refractivity contribution in [1.82, 2.24) is 0 Å². The van der Waals surface area contributed by atoms with Crippen LogP contribution >= 0.6 is 11.8 Å². The van der Waals surface area contributed by atoms with Crippen molar-refractivity contribution in [1.29, 1.82) is 0 Å². The van der Waals surface area contributed by atoms with Crippen LogP contribution in [0.25, 0.3) is 0 Å². The average Bonchev–Trinajstić information content (AvgIpc) is 2.39. The maximum atomic E-state index is 10.1. The second kappa shape index (κ2) is 4.44. The van der Waals surface area contributed by atoms with E-state index in [1.807, 2.05) is 17.8 Å². The molecule has 0 saturated carbocycles. The molecule has 0 spiro atoms. The number of carbonyl (C=O) groups is 1. The molecule has 0 aromatic rings. The van der Waals surface area contributed by atoms with Crippen molar-refractivity contribution in [2.24, 2.45) is 5.92 Å². The summed E-state index contributed by atoms with van der Waals surface area (Å²) in [5.74, 6) is 2.27. The standard InChI is InChI=1S/C8H12O2S/c9-8(10)3-1-2-7-4-5-11-6-7/h1-2,7H,3-6H2,(H,9,10)/b2-1-. The van der Waals surface area contributed by atoms with Crippen LogP contribution in [0, 0.1) is 5.92 Å². The zero-order chi connectivity index (χ0) is 8.10. The van der Waals surface area contributed by atoms with E-state index in [0.29, 0.717) is 5.92 Å².